The van der Waals surface area contributed by atoms with Crippen LogP contribution in [-0.2, 0) is 6.42 Å². The van der Waals surface area contributed by atoms with E-state index >= 15 is 0 Å². The van der Waals surface area contributed by atoms with Crippen molar-refractivity contribution in [1.29, 1.82) is 0 Å². The highest BCUT2D eigenvalue weighted by Gasteiger charge is 2.15. The zero-order valence-electron chi connectivity index (χ0n) is 12.5. The molecule has 0 aliphatic carbocycles. The van der Waals surface area contributed by atoms with E-state index in [1.807, 2.05) is 36.6 Å². The van der Waals surface area contributed by atoms with Gasteiger partial charge in [-0.15, -0.1) is 22.7 Å². The van der Waals surface area contributed by atoms with Gasteiger partial charge in [0.2, 0.25) is 0 Å². The zero-order chi connectivity index (χ0) is 15.8. The number of rotatable bonds is 3. The van der Waals surface area contributed by atoms with Crippen LogP contribution in [0.3, 0.4) is 0 Å². The van der Waals surface area contributed by atoms with Crippen molar-refractivity contribution in [3.63, 3.8) is 0 Å². The summed E-state index contributed by atoms with van der Waals surface area (Å²) >= 11 is 2.92. The molecule has 3 heterocycles. The molecule has 1 aromatic carbocycles. The van der Waals surface area contributed by atoms with Crippen molar-refractivity contribution >= 4 is 33.7 Å². The SMILES string of the molecule is Cc1ccc(C(=O)Nc2nc(-c3ccc4c(c3)CCO4)cs2)s1. The number of fused-ring (bicyclic) bond motifs is 1. The van der Waals surface area contributed by atoms with Crippen LogP contribution in [0.2, 0.25) is 0 Å². The topological polar surface area (TPSA) is 51.2 Å². The lowest BCUT2D eigenvalue weighted by Crippen LogP contribution is -2.09. The van der Waals surface area contributed by atoms with Crippen LogP contribution in [0.15, 0.2) is 35.7 Å². The molecular weight excluding hydrogens is 328 g/mol. The highest BCUT2D eigenvalue weighted by molar-refractivity contribution is 7.15. The average Bonchev–Trinajstić information content (AvgIpc) is 3.26. The van der Waals surface area contributed by atoms with Gasteiger partial charge in [0.15, 0.2) is 5.13 Å². The smallest absolute Gasteiger partial charge is 0.267 e. The average molecular weight is 342 g/mol. The highest BCUT2D eigenvalue weighted by atomic mass is 32.1. The first-order valence-corrected chi connectivity index (χ1v) is 8.98. The Morgan fingerprint density at radius 2 is 2.22 bits per heavy atom. The highest BCUT2D eigenvalue weighted by Crippen LogP contribution is 2.32. The van der Waals surface area contributed by atoms with Gasteiger partial charge in [-0.25, -0.2) is 4.98 Å². The largest absolute Gasteiger partial charge is 0.493 e. The van der Waals surface area contributed by atoms with Crippen LogP contribution in [0.25, 0.3) is 11.3 Å². The third kappa shape index (κ3) is 2.87. The third-order valence-electron chi connectivity index (χ3n) is 3.67. The summed E-state index contributed by atoms with van der Waals surface area (Å²) in [5, 5.41) is 5.45. The quantitative estimate of drug-likeness (QED) is 0.769. The molecule has 0 spiro atoms. The molecule has 0 unspecified atom stereocenters. The lowest BCUT2D eigenvalue weighted by atomic mass is 10.1. The van der Waals surface area contributed by atoms with E-state index in [2.05, 4.69) is 16.4 Å². The molecule has 0 saturated heterocycles. The lowest BCUT2D eigenvalue weighted by molar-refractivity contribution is 0.103. The van der Waals surface area contributed by atoms with E-state index in [9.17, 15) is 4.79 Å². The monoisotopic (exact) mass is 342 g/mol. The van der Waals surface area contributed by atoms with Crippen molar-refractivity contribution in [2.75, 3.05) is 11.9 Å². The fraction of sp³-hybridized carbons (Fsp3) is 0.176. The van der Waals surface area contributed by atoms with Crippen molar-refractivity contribution in [1.82, 2.24) is 4.98 Å². The maximum atomic E-state index is 12.2. The van der Waals surface area contributed by atoms with Gasteiger partial charge in [-0.05, 0) is 42.8 Å². The van der Waals surface area contributed by atoms with E-state index in [0.717, 1.165) is 34.9 Å². The van der Waals surface area contributed by atoms with Crippen molar-refractivity contribution in [2.45, 2.75) is 13.3 Å². The molecule has 0 bridgehead atoms. The van der Waals surface area contributed by atoms with Gasteiger partial charge in [0.05, 0.1) is 17.2 Å². The molecule has 4 rings (SSSR count). The van der Waals surface area contributed by atoms with Crippen molar-refractivity contribution in [2.24, 2.45) is 0 Å². The summed E-state index contributed by atoms with van der Waals surface area (Å²) in [5.41, 5.74) is 3.15. The van der Waals surface area contributed by atoms with Gasteiger partial charge < -0.3 is 4.74 Å². The van der Waals surface area contributed by atoms with Crippen molar-refractivity contribution < 1.29 is 9.53 Å². The number of hydrogen-bond donors (Lipinski definition) is 1. The van der Waals surface area contributed by atoms with Gasteiger partial charge >= 0.3 is 0 Å². The molecule has 0 fully saturated rings. The molecule has 0 radical (unpaired) electrons. The molecule has 4 nitrogen and oxygen atoms in total. The molecule has 1 aliphatic rings. The van der Waals surface area contributed by atoms with Crippen LogP contribution in [-0.4, -0.2) is 17.5 Å². The summed E-state index contributed by atoms with van der Waals surface area (Å²) in [6.07, 6.45) is 0.939. The summed E-state index contributed by atoms with van der Waals surface area (Å²) in [7, 11) is 0. The Bertz CT molecular complexity index is 882. The molecule has 1 amide bonds. The first kappa shape index (κ1) is 14.4. The molecule has 2 aromatic heterocycles. The van der Waals surface area contributed by atoms with Crippen LogP contribution in [0.1, 0.15) is 20.1 Å². The van der Waals surface area contributed by atoms with E-state index in [1.165, 1.54) is 28.2 Å². The molecule has 0 atom stereocenters. The molecule has 1 N–H and O–H groups in total. The molecule has 3 aromatic rings. The van der Waals surface area contributed by atoms with E-state index in [4.69, 9.17) is 4.74 Å². The Balaban J connectivity index is 1.54. The Morgan fingerprint density at radius 1 is 1.30 bits per heavy atom. The number of ether oxygens (including phenoxy) is 1. The number of aromatic nitrogens is 1. The van der Waals surface area contributed by atoms with Gasteiger partial charge in [0.25, 0.3) is 5.91 Å². The second-order valence-corrected chi connectivity index (χ2v) is 7.47. The van der Waals surface area contributed by atoms with E-state index < -0.39 is 0 Å². The molecule has 6 heteroatoms. The number of thiazole rings is 1. The number of nitrogens with zero attached hydrogens (tertiary/aromatic N) is 1. The van der Waals surface area contributed by atoms with Crippen LogP contribution in [0.5, 0.6) is 5.75 Å². The third-order valence-corrected chi connectivity index (χ3v) is 5.43. The maximum absolute atomic E-state index is 12.2. The molecule has 0 saturated carbocycles. The number of amides is 1. The maximum Gasteiger partial charge on any atom is 0.267 e. The summed E-state index contributed by atoms with van der Waals surface area (Å²) in [5.74, 6) is 0.858. The Morgan fingerprint density at radius 3 is 3.04 bits per heavy atom. The van der Waals surface area contributed by atoms with Crippen LogP contribution >= 0.6 is 22.7 Å². The Hall–Kier alpha value is -2.18. The number of nitrogens with one attached hydrogen (secondary N) is 1. The number of carbonyl (C=O) groups excluding carboxylic acids is 1. The normalized spacial score (nSPS) is 12.7. The number of anilines is 1. The zero-order valence-corrected chi connectivity index (χ0v) is 14.1. The van der Waals surface area contributed by atoms with Crippen LogP contribution in [0.4, 0.5) is 5.13 Å². The van der Waals surface area contributed by atoms with Gasteiger partial charge in [0.1, 0.15) is 5.75 Å². The Kier molecular flexibility index (Phi) is 3.63. The summed E-state index contributed by atoms with van der Waals surface area (Å²) in [6, 6.07) is 9.90. The number of carbonyl (C=O) groups is 1. The molecular formula is C17H14N2O2S2. The second kappa shape index (κ2) is 5.79. The minimum absolute atomic E-state index is 0.105. The second-order valence-electron chi connectivity index (χ2n) is 5.32. The van der Waals surface area contributed by atoms with Gasteiger partial charge in [-0.2, -0.15) is 0 Å². The van der Waals surface area contributed by atoms with Crippen LogP contribution in [0, 0.1) is 6.92 Å². The molecule has 116 valence electrons. The fourth-order valence-electron chi connectivity index (χ4n) is 2.52. The van der Waals surface area contributed by atoms with Crippen molar-refractivity contribution in [3.8, 4) is 17.0 Å². The number of benzene rings is 1. The Labute approximate surface area is 141 Å². The van der Waals surface area contributed by atoms with Gasteiger partial charge in [-0.1, -0.05) is 0 Å². The first-order chi connectivity index (χ1) is 11.2. The lowest BCUT2D eigenvalue weighted by Gasteiger charge is -2.01. The van der Waals surface area contributed by atoms with Crippen molar-refractivity contribution in [3.05, 3.63) is 51.0 Å². The molecule has 1 aliphatic heterocycles. The van der Waals surface area contributed by atoms with Gasteiger partial charge in [0, 0.05) is 22.2 Å². The number of aryl methyl sites for hydroxylation is 1. The van der Waals surface area contributed by atoms with E-state index in [-0.39, 0.29) is 5.91 Å². The van der Waals surface area contributed by atoms with E-state index in [1.54, 1.807) is 0 Å². The predicted octanol–water partition coefficient (Wildman–Crippen LogP) is 4.37. The summed E-state index contributed by atoms with van der Waals surface area (Å²) in [4.78, 5) is 18.5. The predicted molar refractivity (Wildman–Crippen MR) is 93.8 cm³/mol. The summed E-state index contributed by atoms with van der Waals surface area (Å²) in [6.45, 7) is 2.73. The fourth-order valence-corrected chi connectivity index (χ4v) is 4.00. The first-order valence-electron chi connectivity index (χ1n) is 7.28. The minimum atomic E-state index is -0.105. The molecule has 23 heavy (non-hydrogen) atoms. The number of thiophene rings is 1. The standard InChI is InChI=1S/C17H14N2O2S2/c1-10-2-5-15(23-10)16(20)19-17-18-13(9-22-17)11-3-4-14-12(8-11)6-7-21-14/h2-5,8-9H,6-7H2,1H3,(H,18,19,20). The van der Waals surface area contributed by atoms with Crippen LogP contribution < -0.4 is 10.1 Å². The summed E-state index contributed by atoms with van der Waals surface area (Å²) < 4.78 is 5.52. The van der Waals surface area contributed by atoms with Gasteiger partial charge in [-0.3, -0.25) is 10.1 Å². The number of hydrogen-bond acceptors (Lipinski definition) is 5. The minimum Gasteiger partial charge on any atom is -0.493 e. The van der Waals surface area contributed by atoms with E-state index in [0.29, 0.717) is 10.0 Å².